The average Bonchev–Trinajstić information content (AvgIpc) is 2.69. The van der Waals surface area contributed by atoms with Gasteiger partial charge in [-0.15, -0.1) is 12.4 Å². The highest BCUT2D eigenvalue weighted by Crippen LogP contribution is 2.13. The molecule has 1 aromatic carbocycles. The van der Waals surface area contributed by atoms with E-state index < -0.39 is 0 Å². The normalized spacial score (nSPS) is 10.4. The molecule has 0 radical (unpaired) electrons. The number of hydrogen-bond donors (Lipinski definition) is 0. The molecular formula is C27H52ClN. The van der Waals surface area contributed by atoms with Crippen LogP contribution in [0.25, 0.3) is 0 Å². The van der Waals surface area contributed by atoms with E-state index in [2.05, 4.69) is 57.1 Å². The Hall–Kier alpha value is -0.530. The molecule has 0 unspecified atom stereocenters. The van der Waals surface area contributed by atoms with Gasteiger partial charge in [0.1, 0.15) is 0 Å². The number of nitrogens with zero attached hydrogens (tertiary/aromatic N) is 1. The summed E-state index contributed by atoms with van der Waals surface area (Å²) < 4.78 is 0. The highest BCUT2D eigenvalue weighted by molar-refractivity contribution is 5.85. The summed E-state index contributed by atoms with van der Waals surface area (Å²) in [6, 6.07) is 10.5. The number of rotatable bonds is 17. The van der Waals surface area contributed by atoms with Crippen molar-refractivity contribution in [2.45, 2.75) is 123 Å². The summed E-state index contributed by atoms with van der Waals surface area (Å²) in [5.41, 5.74) is 1.37. The summed E-state index contributed by atoms with van der Waals surface area (Å²) in [6.07, 6.45) is 23.4. The van der Waals surface area contributed by atoms with Crippen LogP contribution in [0.4, 0.5) is 0 Å². The molecular weight excluding hydrogens is 374 g/mol. The van der Waals surface area contributed by atoms with E-state index in [4.69, 9.17) is 0 Å². The van der Waals surface area contributed by atoms with Crippen molar-refractivity contribution < 1.29 is 0 Å². The molecule has 1 rings (SSSR count). The Balaban J connectivity index is 0. The topological polar surface area (TPSA) is 3.24 Å². The van der Waals surface area contributed by atoms with Crippen molar-refractivity contribution in [2.75, 3.05) is 14.1 Å². The monoisotopic (exact) mass is 425 g/mol. The lowest BCUT2D eigenvalue weighted by atomic mass is 10.0. The molecule has 0 spiro atoms. The molecule has 1 nitrogen and oxygen atoms in total. The number of halogens is 1. The van der Waals surface area contributed by atoms with Crippen LogP contribution >= 0.6 is 12.4 Å². The van der Waals surface area contributed by atoms with Crippen molar-refractivity contribution in [3.8, 4) is 0 Å². The molecule has 0 atom stereocenters. The van der Waals surface area contributed by atoms with Gasteiger partial charge in [-0.05, 0) is 19.7 Å². The van der Waals surface area contributed by atoms with E-state index in [1.807, 2.05) is 6.07 Å². The second-order valence-electron chi connectivity index (χ2n) is 8.67. The maximum Gasteiger partial charge on any atom is 0.0227 e. The molecule has 0 aliphatic carbocycles. The Morgan fingerprint density at radius 2 is 0.828 bits per heavy atom. The Kier molecular flexibility index (Phi) is 27.0. The summed E-state index contributed by atoms with van der Waals surface area (Å²) >= 11 is 0. The van der Waals surface area contributed by atoms with Crippen molar-refractivity contribution in [1.29, 1.82) is 0 Å². The van der Waals surface area contributed by atoms with Crippen LogP contribution in [0.2, 0.25) is 0 Å². The Morgan fingerprint density at radius 3 is 1.10 bits per heavy atom. The lowest BCUT2D eigenvalue weighted by Crippen LogP contribution is -2.10. The van der Waals surface area contributed by atoms with Gasteiger partial charge >= 0.3 is 0 Å². The Morgan fingerprint density at radius 1 is 0.517 bits per heavy atom. The fraction of sp³-hybridized carbons (Fsp3) is 0.778. The summed E-state index contributed by atoms with van der Waals surface area (Å²) in [4.78, 5) is 2.16. The summed E-state index contributed by atoms with van der Waals surface area (Å²) in [5, 5.41) is 0. The number of unbranched alkanes of at least 4 members (excludes halogenated alkanes) is 15. The van der Waals surface area contributed by atoms with Crippen LogP contribution in [-0.4, -0.2) is 19.0 Å². The van der Waals surface area contributed by atoms with Crippen LogP contribution in [-0.2, 0) is 6.54 Å². The van der Waals surface area contributed by atoms with Crippen LogP contribution in [0.15, 0.2) is 30.3 Å². The van der Waals surface area contributed by atoms with Crippen molar-refractivity contribution in [2.24, 2.45) is 0 Å². The van der Waals surface area contributed by atoms with Crippen molar-refractivity contribution >= 4 is 12.4 Å². The van der Waals surface area contributed by atoms with Gasteiger partial charge in [-0.3, -0.25) is 0 Å². The minimum atomic E-state index is 0. The predicted molar refractivity (Wildman–Crippen MR) is 136 cm³/mol. The first-order chi connectivity index (χ1) is 13.7. The van der Waals surface area contributed by atoms with E-state index in [0.717, 1.165) is 6.54 Å². The lowest BCUT2D eigenvalue weighted by molar-refractivity contribution is 0.402. The SMILES string of the molecule is CCCCCCCCCCCCCCCCCC.CN(C)Cc1ccccc1.Cl. The van der Waals surface area contributed by atoms with Crippen LogP contribution in [0.1, 0.15) is 122 Å². The van der Waals surface area contributed by atoms with Gasteiger partial charge in [-0.25, -0.2) is 0 Å². The first-order valence-electron chi connectivity index (χ1n) is 12.4. The van der Waals surface area contributed by atoms with Gasteiger partial charge in [0, 0.05) is 6.54 Å². The van der Waals surface area contributed by atoms with Crippen LogP contribution in [0.5, 0.6) is 0 Å². The Bertz CT molecular complexity index is 375. The first kappa shape index (κ1) is 30.7. The number of hydrogen-bond acceptors (Lipinski definition) is 1. The standard InChI is InChI=1S/C18H38.C9H13N.ClH/c1-3-5-7-9-11-13-15-17-18-16-14-12-10-8-6-4-2;1-10(2)8-9-6-4-3-5-7-9;/h3-18H2,1-2H3;3-7H,8H2,1-2H3;1H. The van der Waals surface area contributed by atoms with Crippen LogP contribution in [0, 0.1) is 0 Å². The van der Waals surface area contributed by atoms with Gasteiger partial charge in [0.2, 0.25) is 0 Å². The van der Waals surface area contributed by atoms with Crippen molar-refractivity contribution in [3.05, 3.63) is 35.9 Å². The van der Waals surface area contributed by atoms with Gasteiger partial charge in [0.25, 0.3) is 0 Å². The predicted octanol–water partition coefficient (Wildman–Crippen LogP) is 9.44. The van der Waals surface area contributed by atoms with E-state index in [-0.39, 0.29) is 12.4 Å². The molecule has 0 bridgehead atoms. The third-order valence-corrected chi connectivity index (χ3v) is 5.30. The fourth-order valence-corrected chi connectivity index (χ4v) is 3.57. The molecule has 0 aliphatic rings. The van der Waals surface area contributed by atoms with E-state index in [1.165, 1.54) is 108 Å². The first-order valence-corrected chi connectivity index (χ1v) is 12.4. The van der Waals surface area contributed by atoms with Crippen molar-refractivity contribution in [1.82, 2.24) is 4.90 Å². The largest absolute Gasteiger partial charge is 0.305 e. The molecule has 29 heavy (non-hydrogen) atoms. The average molecular weight is 426 g/mol. The molecule has 0 N–H and O–H groups in total. The summed E-state index contributed by atoms with van der Waals surface area (Å²) in [6.45, 7) is 5.62. The molecule has 0 aromatic heterocycles. The van der Waals surface area contributed by atoms with E-state index in [1.54, 1.807) is 0 Å². The summed E-state index contributed by atoms with van der Waals surface area (Å²) in [5.74, 6) is 0. The molecule has 0 aliphatic heterocycles. The van der Waals surface area contributed by atoms with E-state index >= 15 is 0 Å². The third-order valence-electron chi connectivity index (χ3n) is 5.30. The van der Waals surface area contributed by atoms with Gasteiger partial charge in [0.15, 0.2) is 0 Å². The second kappa shape index (κ2) is 25.5. The van der Waals surface area contributed by atoms with Crippen molar-refractivity contribution in [3.63, 3.8) is 0 Å². The molecule has 1 aromatic rings. The lowest BCUT2D eigenvalue weighted by Gasteiger charge is -2.08. The van der Waals surface area contributed by atoms with Crippen LogP contribution < -0.4 is 0 Å². The molecule has 0 amide bonds. The quantitative estimate of drug-likeness (QED) is 0.224. The zero-order valence-corrected chi connectivity index (χ0v) is 21.1. The smallest absolute Gasteiger partial charge is 0.0227 e. The zero-order chi connectivity index (χ0) is 20.7. The zero-order valence-electron chi connectivity index (χ0n) is 20.3. The molecule has 0 heterocycles. The molecule has 0 saturated carbocycles. The summed E-state index contributed by atoms with van der Waals surface area (Å²) in [7, 11) is 4.15. The molecule has 0 fully saturated rings. The highest BCUT2D eigenvalue weighted by Gasteiger charge is 1.94. The highest BCUT2D eigenvalue weighted by atomic mass is 35.5. The maximum atomic E-state index is 2.29. The second-order valence-corrected chi connectivity index (χ2v) is 8.67. The molecule has 0 saturated heterocycles. The third kappa shape index (κ3) is 25.4. The van der Waals surface area contributed by atoms with Crippen LogP contribution in [0.3, 0.4) is 0 Å². The Labute approximate surface area is 190 Å². The number of benzene rings is 1. The minimum Gasteiger partial charge on any atom is -0.305 e. The van der Waals surface area contributed by atoms with Gasteiger partial charge < -0.3 is 4.90 Å². The van der Waals surface area contributed by atoms with E-state index in [0.29, 0.717) is 0 Å². The maximum absolute atomic E-state index is 2.29. The minimum absolute atomic E-state index is 0. The van der Waals surface area contributed by atoms with Gasteiger partial charge in [0.05, 0.1) is 0 Å². The van der Waals surface area contributed by atoms with Gasteiger partial charge in [-0.1, -0.05) is 147 Å². The fourth-order valence-electron chi connectivity index (χ4n) is 3.57. The van der Waals surface area contributed by atoms with E-state index in [9.17, 15) is 0 Å². The van der Waals surface area contributed by atoms with Gasteiger partial charge in [-0.2, -0.15) is 0 Å². The molecule has 2 heteroatoms. The molecule has 172 valence electrons.